The molecule has 0 radical (unpaired) electrons. The van der Waals surface area contributed by atoms with Crippen LogP contribution in [0.2, 0.25) is 0 Å². The minimum atomic E-state index is -0.806. The molecule has 22 heavy (non-hydrogen) atoms. The predicted molar refractivity (Wildman–Crippen MR) is 85.4 cm³/mol. The molecule has 0 fully saturated rings. The summed E-state index contributed by atoms with van der Waals surface area (Å²) in [5.41, 5.74) is 0.773. The maximum absolute atomic E-state index is 12.3. The summed E-state index contributed by atoms with van der Waals surface area (Å²) in [5, 5.41) is 12.7. The maximum Gasteiger partial charge on any atom is 0.294 e. The molecule has 1 aromatic heterocycles. The summed E-state index contributed by atoms with van der Waals surface area (Å²) in [5.74, 6) is 0.0195. The van der Waals surface area contributed by atoms with E-state index in [0.29, 0.717) is 11.6 Å². The van der Waals surface area contributed by atoms with Crippen LogP contribution in [0.15, 0.2) is 0 Å². The first kappa shape index (κ1) is 18.3. The van der Waals surface area contributed by atoms with Crippen LogP contribution in [0.3, 0.4) is 0 Å². The smallest absolute Gasteiger partial charge is 0.294 e. The monoisotopic (exact) mass is 329 g/mol. The van der Waals surface area contributed by atoms with E-state index in [2.05, 4.69) is 29.0 Å². The van der Waals surface area contributed by atoms with E-state index in [1.54, 1.807) is 0 Å². The number of anilines is 1. The molecule has 0 aliphatic carbocycles. The number of carbonyl (C=O) groups excluding carboxylic acids is 1. The van der Waals surface area contributed by atoms with Gasteiger partial charge in [-0.1, -0.05) is 26.7 Å². The molecular weight excluding hydrogens is 306 g/mol. The van der Waals surface area contributed by atoms with Crippen molar-refractivity contribution in [3.8, 4) is 0 Å². The molecule has 0 bridgehead atoms. The average molecular weight is 329 g/mol. The number of carbonyl (C=O) groups is 1. The first-order valence-corrected chi connectivity index (χ1v) is 8.34. The molecule has 8 heteroatoms. The van der Waals surface area contributed by atoms with Gasteiger partial charge in [0.25, 0.3) is 5.09 Å². The van der Waals surface area contributed by atoms with Crippen molar-refractivity contribution in [1.29, 1.82) is 0 Å². The molecule has 0 spiro atoms. The fourth-order valence-corrected chi connectivity index (χ4v) is 3.18. The third kappa shape index (κ3) is 5.97. The number of aromatic nitrogens is 1. The highest BCUT2D eigenvalue weighted by Crippen LogP contribution is 2.24. The van der Waals surface area contributed by atoms with Gasteiger partial charge >= 0.3 is 0 Å². The molecule has 1 amide bonds. The van der Waals surface area contributed by atoms with Crippen LogP contribution < -0.4 is 5.32 Å². The van der Waals surface area contributed by atoms with Gasteiger partial charge in [0.05, 0.1) is 5.69 Å². The normalized spacial score (nSPS) is 10.7. The van der Waals surface area contributed by atoms with Crippen LogP contribution in [0.5, 0.6) is 0 Å². The van der Waals surface area contributed by atoms with E-state index in [1.165, 1.54) is 11.3 Å². The Kier molecular flexibility index (Phi) is 7.79. The van der Waals surface area contributed by atoms with Crippen LogP contribution in [0.25, 0.3) is 0 Å². The molecule has 0 saturated heterocycles. The Morgan fingerprint density at radius 1 is 1.41 bits per heavy atom. The highest BCUT2D eigenvalue weighted by molar-refractivity contribution is 7.15. The Morgan fingerprint density at radius 2 is 2.05 bits per heavy atom. The van der Waals surface area contributed by atoms with Crippen LogP contribution in [-0.4, -0.2) is 22.6 Å². The lowest BCUT2D eigenvalue weighted by atomic mass is 9.97. The molecule has 1 heterocycles. The van der Waals surface area contributed by atoms with Crippen molar-refractivity contribution >= 4 is 22.4 Å². The highest BCUT2D eigenvalue weighted by atomic mass is 32.1. The summed E-state index contributed by atoms with van der Waals surface area (Å²) in [6.07, 6.45) is 4.09. The first-order valence-electron chi connectivity index (χ1n) is 7.52. The van der Waals surface area contributed by atoms with Gasteiger partial charge in [0.2, 0.25) is 5.91 Å². The van der Waals surface area contributed by atoms with Gasteiger partial charge in [0, 0.05) is 17.2 Å². The van der Waals surface area contributed by atoms with Gasteiger partial charge in [-0.25, -0.2) is 4.98 Å². The molecule has 0 unspecified atom stereocenters. The fourth-order valence-electron chi connectivity index (χ4n) is 2.24. The van der Waals surface area contributed by atoms with Gasteiger partial charge in [0.1, 0.15) is 6.61 Å². The van der Waals surface area contributed by atoms with Gasteiger partial charge in [-0.2, -0.15) is 0 Å². The molecule has 0 atom stereocenters. The Morgan fingerprint density at radius 3 is 2.59 bits per heavy atom. The van der Waals surface area contributed by atoms with Gasteiger partial charge in [0.15, 0.2) is 5.13 Å². The summed E-state index contributed by atoms with van der Waals surface area (Å²) in [6.45, 7) is 5.95. The van der Waals surface area contributed by atoms with Crippen molar-refractivity contribution in [2.24, 2.45) is 5.92 Å². The molecule has 1 rings (SSSR count). The van der Waals surface area contributed by atoms with Gasteiger partial charge in [-0.05, 0) is 19.8 Å². The van der Waals surface area contributed by atoms with Crippen molar-refractivity contribution in [3.63, 3.8) is 0 Å². The van der Waals surface area contributed by atoms with Crippen molar-refractivity contribution in [2.75, 3.05) is 11.9 Å². The number of aryl methyl sites for hydroxylation is 1. The van der Waals surface area contributed by atoms with Crippen LogP contribution in [-0.2, 0) is 16.1 Å². The molecule has 1 aromatic rings. The van der Waals surface area contributed by atoms with Crippen molar-refractivity contribution in [2.45, 2.75) is 52.9 Å². The number of thiazole rings is 1. The van der Waals surface area contributed by atoms with E-state index in [9.17, 15) is 14.9 Å². The standard InChI is InChI=1S/C14H23N3O4S/c1-4-6-11(7-5-2)13(18)16-14-15-10(3)12(22-14)8-9-21-17(19)20/h11H,4-9H2,1-3H3,(H,15,16,18). The van der Waals surface area contributed by atoms with E-state index >= 15 is 0 Å². The van der Waals surface area contributed by atoms with Crippen LogP contribution in [0.1, 0.15) is 50.1 Å². The summed E-state index contributed by atoms with van der Waals surface area (Å²) in [4.78, 5) is 31.9. The first-order chi connectivity index (χ1) is 10.5. The SMILES string of the molecule is CCCC(CCC)C(=O)Nc1nc(C)c(CCO[N+](=O)[O-])s1. The summed E-state index contributed by atoms with van der Waals surface area (Å²) in [7, 11) is 0. The molecular formula is C14H23N3O4S. The summed E-state index contributed by atoms with van der Waals surface area (Å²) in [6, 6.07) is 0. The lowest BCUT2D eigenvalue weighted by molar-refractivity contribution is -0.757. The minimum Gasteiger partial charge on any atom is -0.314 e. The zero-order valence-electron chi connectivity index (χ0n) is 13.3. The Bertz CT molecular complexity index is 498. The second-order valence-electron chi connectivity index (χ2n) is 5.10. The van der Waals surface area contributed by atoms with E-state index in [1.807, 2.05) is 6.92 Å². The van der Waals surface area contributed by atoms with Crippen molar-refractivity contribution in [1.82, 2.24) is 4.98 Å². The predicted octanol–water partition coefficient (Wildman–Crippen LogP) is 3.36. The lowest BCUT2D eigenvalue weighted by Crippen LogP contribution is -2.22. The highest BCUT2D eigenvalue weighted by Gasteiger charge is 2.18. The van der Waals surface area contributed by atoms with E-state index < -0.39 is 5.09 Å². The quantitative estimate of drug-likeness (QED) is 0.524. The summed E-state index contributed by atoms with van der Waals surface area (Å²) < 4.78 is 0. The number of hydrogen-bond acceptors (Lipinski definition) is 6. The molecule has 0 aliphatic heterocycles. The van der Waals surface area contributed by atoms with Gasteiger partial charge in [-0.15, -0.1) is 21.5 Å². The number of hydrogen-bond donors (Lipinski definition) is 1. The fraction of sp³-hybridized carbons (Fsp3) is 0.714. The van der Waals surface area contributed by atoms with E-state index in [0.717, 1.165) is 36.3 Å². The number of amides is 1. The molecule has 124 valence electrons. The number of nitrogens with zero attached hydrogens (tertiary/aromatic N) is 2. The zero-order chi connectivity index (χ0) is 16.5. The molecule has 0 aliphatic rings. The van der Waals surface area contributed by atoms with E-state index in [-0.39, 0.29) is 18.4 Å². The Balaban J connectivity index is 2.61. The van der Waals surface area contributed by atoms with Crippen molar-refractivity contribution in [3.05, 3.63) is 20.7 Å². The summed E-state index contributed by atoms with van der Waals surface area (Å²) >= 11 is 1.35. The molecule has 1 N–H and O–H groups in total. The largest absolute Gasteiger partial charge is 0.314 e. The third-order valence-electron chi connectivity index (χ3n) is 3.29. The molecule has 0 saturated carbocycles. The third-order valence-corrected chi connectivity index (χ3v) is 4.43. The topological polar surface area (TPSA) is 94.4 Å². The lowest BCUT2D eigenvalue weighted by Gasteiger charge is -2.13. The molecule has 0 aromatic carbocycles. The maximum atomic E-state index is 12.3. The second-order valence-corrected chi connectivity index (χ2v) is 6.18. The van der Waals surface area contributed by atoms with Crippen LogP contribution >= 0.6 is 11.3 Å². The van der Waals surface area contributed by atoms with Crippen LogP contribution in [0.4, 0.5) is 5.13 Å². The Hall–Kier alpha value is -1.70. The molecule has 7 nitrogen and oxygen atoms in total. The number of rotatable bonds is 10. The van der Waals surface area contributed by atoms with Crippen LogP contribution in [0, 0.1) is 23.0 Å². The Labute approximate surface area is 134 Å². The second kappa shape index (κ2) is 9.34. The van der Waals surface area contributed by atoms with Gasteiger partial charge in [-0.3, -0.25) is 4.79 Å². The van der Waals surface area contributed by atoms with Gasteiger partial charge < -0.3 is 10.2 Å². The minimum absolute atomic E-state index is 0.00227. The van der Waals surface area contributed by atoms with E-state index in [4.69, 9.17) is 0 Å². The number of nitrogens with one attached hydrogen (secondary N) is 1. The van der Waals surface area contributed by atoms with Crippen molar-refractivity contribution < 1.29 is 14.7 Å². The average Bonchev–Trinajstić information content (AvgIpc) is 2.78. The zero-order valence-corrected chi connectivity index (χ0v) is 14.1.